The molecule has 4 rings (SSSR count). The van der Waals surface area contributed by atoms with E-state index < -0.39 is 8.07 Å². The molecule has 1 fully saturated rings. The second-order valence-electron chi connectivity index (χ2n) is 10.1. The molecule has 0 aliphatic carbocycles. The third kappa shape index (κ3) is 3.43. The summed E-state index contributed by atoms with van der Waals surface area (Å²) in [6, 6.07) is 19.3. The molecule has 28 heavy (non-hydrogen) atoms. The first-order valence-electron chi connectivity index (χ1n) is 10.7. The molecule has 0 unspecified atom stereocenters. The number of benzene rings is 2. The first-order chi connectivity index (χ1) is 13.2. The minimum Gasteiger partial charge on any atom is -0.200 e. The molecule has 1 nitrogen and oxygen atoms in total. The van der Waals surface area contributed by atoms with Gasteiger partial charge in [-0.25, -0.2) is 4.57 Å². The van der Waals surface area contributed by atoms with Gasteiger partial charge in [0, 0.05) is 11.6 Å². The Hall–Kier alpha value is -1.93. The van der Waals surface area contributed by atoms with Crippen molar-refractivity contribution in [3.05, 3.63) is 59.8 Å². The van der Waals surface area contributed by atoms with Crippen LogP contribution in [0.25, 0.3) is 22.0 Å². The number of hydrogen-bond donors (Lipinski definition) is 0. The molecule has 1 aromatic heterocycles. The molecule has 0 saturated carbocycles. The van der Waals surface area contributed by atoms with Crippen molar-refractivity contribution in [1.29, 1.82) is 0 Å². The second-order valence-corrected chi connectivity index (χ2v) is 14.8. The van der Waals surface area contributed by atoms with E-state index in [2.05, 4.69) is 94.5 Å². The van der Waals surface area contributed by atoms with Crippen LogP contribution in [0.15, 0.2) is 48.7 Å². The van der Waals surface area contributed by atoms with Crippen LogP contribution in [0.1, 0.15) is 37.8 Å². The van der Waals surface area contributed by atoms with Gasteiger partial charge in [0.1, 0.15) is 7.05 Å². The van der Waals surface area contributed by atoms with Crippen LogP contribution in [0.4, 0.5) is 0 Å². The van der Waals surface area contributed by atoms with Crippen molar-refractivity contribution in [2.24, 2.45) is 12.5 Å². The Balaban J connectivity index is 1.83. The second kappa shape index (κ2) is 6.84. The van der Waals surface area contributed by atoms with Crippen molar-refractivity contribution >= 4 is 24.0 Å². The molecule has 0 bridgehead atoms. The summed E-state index contributed by atoms with van der Waals surface area (Å²) in [6.45, 7) is 11.9. The van der Waals surface area contributed by atoms with Gasteiger partial charge in [-0.05, 0) is 42.3 Å². The summed E-state index contributed by atoms with van der Waals surface area (Å²) in [6.07, 6.45) is 4.99. The zero-order chi connectivity index (χ0) is 20.1. The molecule has 2 aromatic carbocycles. The van der Waals surface area contributed by atoms with Crippen molar-refractivity contribution in [1.82, 2.24) is 0 Å². The standard InChI is InChI=1S/C26H34NSi/c1-19-7-8-20(2)24(17-19)25-23-10-9-22(18-21(23)11-14-27(25)5)28(6)15-12-26(3,4)13-16-28/h7-11,14,17-18H,12-13,15-16H2,1-6H3/q+1. The largest absolute Gasteiger partial charge is 0.220 e. The fourth-order valence-electron chi connectivity index (χ4n) is 4.84. The van der Waals surface area contributed by atoms with Gasteiger partial charge in [0.25, 0.3) is 0 Å². The number of hydrogen-bond acceptors (Lipinski definition) is 0. The summed E-state index contributed by atoms with van der Waals surface area (Å²) in [7, 11) is 0.815. The maximum Gasteiger partial charge on any atom is 0.220 e. The molecule has 0 N–H and O–H groups in total. The van der Waals surface area contributed by atoms with Crippen LogP contribution in [0, 0.1) is 19.3 Å². The van der Waals surface area contributed by atoms with Crippen molar-refractivity contribution in [2.45, 2.75) is 59.2 Å². The first kappa shape index (κ1) is 19.4. The molecule has 2 heteroatoms. The Morgan fingerprint density at radius 2 is 1.64 bits per heavy atom. The zero-order valence-electron chi connectivity index (χ0n) is 18.4. The number of aryl methyl sites for hydroxylation is 3. The molecular formula is C26H34NSi+. The smallest absolute Gasteiger partial charge is 0.200 e. The van der Waals surface area contributed by atoms with Crippen molar-refractivity contribution in [3.8, 4) is 11.3 Å². The van der Waals surface area contributed by atoms with Crippen LogP contribution in [-0.2, 0) is 7.05 Å². The highest BCUT2D eigenvalue weighted by Gasteiger charge is 2.38. The maximum absolute atomic E-state index is 2.61. The number of pyridine rings is 1. The van der Waals surface area contributed by atoms with Gasteiger partial charge in [-0.1, -0.05) is 80.3 Å². The van der Waals surface area contributed by atoms with Crippen LogP contribution >= 0.6 is 0 Å². The summed E-state index contributed by atoms with van der Waals surface area (Å²) in [5, 5.41) is 4.41. The summed E-state index contributed by atoms with van der Waals surface area (Å²) in [5.41, 5.74) is 5.88. The molecule has 1 aliphatic rings. The van der Waals surface area contributed by atoms with E-state index in [9.17, 15) is 0 Å². The van der Waals surface area contributed by atoms with E-state index in [1.807, 2.05) is 0 Å². The lowest BCUT2D eigenvalue weighted by Crippen LogP contribution is -2.48. The summed E-state index contributed by atoms with van der Waals surface area (Å²) >= 11 is 0. The Morgan fingerprint density at radius 3 is 2.36 bits per heavy atom. The van der Waals surface area contributed by atoms with Crippen LogP contribution in [0.3, 0.4) is 0 Å². The van der Waals surface area contributed by atoms with Gasteiger partial charge in [0.05, 0.1) is 13.5 Å². The lowest BCUT2D eigenvalue weighted by atomic mass is 9.87. The molecule has 3 aromatic rings. The fraction of sp³-hybridized carbons (Fsp3) is 0.423. The monoisotopic (exact) mass is 388 g/mol. The van der Waals surface area contributed by atoms with Gasteiger partial charge in [-0.2, -0.15) is 0 Å². The minimum absolute atomic E-state index is 0.535. The van der Waals surface area contributed by atoms with E-state index in [1.165, 1.54) is 58.1 Å². The van der Waals surface area contributed by atoms with E-state index >= 15 is 0 Å². The quantitative estimate of drug-likeness (QED) is 0.371. The van der Waals surface area contributed by atoms with Crippen molar-refractivity contribution < 1.29 is 4.57 Å². The Bertz CT molecular complexity index is 1040. The van der Waals surface area contributed by atoms with Gasteiger partial charge in [0.15, 0.2) is 6.20 Å². The summed E-state index contributed by atoms with van der Waals surface area (Å²) in [4.78, 5) is 0. The van der Waals surface area contributed by atoms with Crippen molar-refractivity contribution in [2.75, 3.05) is 0 Å². The highest BCUT2D eigenvalue weighted by Crippen LogP contribution is 2.40. The Kier molecular flexibility index (Phi) is 4.74. The van der Waals surface area contributed by atoms with E-state index in [0.29, 0.717) is 5.41 Å². The SMILES string of the molecule is Cc1ccc(C)c(-c2c3ccc([Si]4(C)CCC(C)(C)CC4)cc3cc[n+]2C)c1. The van der Waals surface area contributed by atoms with Crippen LogP contribution < -0.4 is 9.75 Å². The predicted octanol–water partition coefficient (Wildman–Crippen LogP) is 6.05. The molecule has 1 saturated heterocycles. The minimum atomic E-state index is -1.36. The third-order valence-corrected chi connectivity index (χ3v) is 11.6. The van der Waals surface area contributed by atoms with Gasteiger partial charge in [-0.3, -0.25) is 0 Å². The molecule has 0 radical (unpaired) electrons. The normalized spacial score (nSPS) is 18.4. The lowest BCUT2D eigenvalue weighted by molar-refractivity contribution is -0.659. The lowest BCUT2D eigenvalue weighted by Gasteiger charge is -2.40. The van der Waals surface area contributed by atoms with Gasteiger partial charge >= 0.3 is 0 Å². The maximum atomic E-state index is 2.61. The molecule has 0 spiro atoms. The first-order valence-corrected chi connectivity index (χ1v) is 13.6. The number of rotatable bonds is 2. The van der Waals surface area contributed by atoms with E-state index in [4.69, 9.17) is 0 Å². The molecule has 0 atom stereocenters. The van der Waals surface area contributed by atoms with Crippen LogP contribution in [-0.4, -0.2) is 8.07 Å². The summed E-state index contributed by atoms with van der Waals surface area (Å²) < 4.78 is 2.28. The van der Waals surface area contributed by atoms with E-state index in [1.54, 1.807) is 5.19 Å². The van der Waals surface area contributed by atoms with Gasteiger partial charge < -0.3 is 0 Å². The van der Waals surface area contributed by atoms with Crippen molar-refractivity contribution in [3.63, 3.8) is 0 Å². The Morgan fingerprint density at radius 1 is 0.929 bits per heavy atom. The highest BCUT2D eigenvalue weighted by atomic mass is 28.3. The molecule has 0 amide bonds. The molecular weight excluding hydrogens is 354 g/mol. The highest BCUT2D eigenvalue weighted by molar-refractivity contribution is 6.91. The molecule has 1 aliphatic heterocycles. The topological polar surface area (TPSA) is 3.88 Å². The fourth-order valence-corrected chi connectivity index (χ4v) is 9.12. The molecule has 146 valence electrons. The van der Waals surface area contributed by atoms with Gasteiger partial charge in [-0.15, -0.1) is 0 Å². The Labute approximate surface area is 171 Å². The average Bonchev–Trinajstić information content (AvgIpc) is 2.66. The predicted molar refractivity (Wildman–Crippen MR) is 124 cm³/mol. The zero-order valence-corrected chi connectivity index (χ0v) is 19.4. The van der Waals surface area contributed by atoms with E-state index in [-0.39, 0.29) is 0 Å². The third-order valence-electron chi connectivity index (χ3n) is 7.19. The van der Waals surface area contributed by atoms with E-state index in [0.717, 1.165) is 0 Å². The number of nitrogens with zero attached hydrogens (tertiary/aromatic N) is 1. The van der Waals surface area contributed by atoms with Gasteiger partial charge in [0.2, 0.25) is 5.69 Å². The molecule has 2 heterocycles. The number of fused-ring (bicyclic) bond motifs is 1. The van der Waals surface area contributed by atoms with Crippen LogP contribution in [0.5, 0.6) is 0 Å². The van der Waals surface area contributed by atoms with Crippen LogP contribution in [0.2, 0.25) is 18.6 Å². The summed E-state index contributed by atoms with van der Waals surface area (Å²) in [5.74, 6) is 0. The average molecular weight is 389 g/mol. The number of aromatic nitrogens is 1.